The van der Waals surface area contributed by atoms with Crippen molar-refractivity contribution < 1.29 is 22.4 Å². The molecule has 0 bridgehead atoms. The van der Waals surface area contributed by atoms with Crippen molar-refractivity contribution >= 4 is 5.91 Å². The SMILES string of the molecule is CNC(=O)C[C@H]1CCN(Cc2ccc(F)c(C(F)(F)F)c2)C1. The molecule has 1 aromatic rings. The lowest BCUT2D eigenvalue weighted by molar-refractivity contribution is -0.140. The van der Waals surface area contributed by atoms with Gasteiger partial charge >= 0.3 is 6.18 Å². The van der Waals surface area contributed by atoms with Crippen LogP contribution in [0.25, 0.3) is 0 Å². The number of alkyl halides is 3. The fraction of sp³-hybridized carbons (Fsp3) is 0.533. The van der Waals surface area contributed by atoms with Gasteiger partial charge in [-0.25, -0.2) is 4.39 Å². The molecule has 0 aromatic heterocycles. The molecule has 0 saturated carbocycles. The maximum atomic E-state index is 13.2. The van der Waals surface area contributed by atoms with Crippen molar-refractivity contribution in [3.63, 3.8) is 0 Å². The molecule has 122 valence electrons. The van der Waals surface area contributed by atoms with Gasteiger partial charge < -0.3 is 5.32 Å². The molecule has 1 aliphatic heterocycles. The van der Waals surface area contributed by atoms with E-state index >= 15 is 0 Å². The Bertz CT molecular complexity index is 545. The van der Waals surface area contributed by atoms with Gasteiger partial charge in [0.25, 0.3) is 0 Å². The van der Waals surface area contributed by atoms with Crippen LogP contribution in [0.3, 0.4) is 0 Å². The number of halogens is 4. The predicted octanol–water partition coefficient (Wildman–Crippen LogP) is 2.80. The molecule has 1 fully saturated rings. The second-order valence-electron chi connectivity index (χ2n) is 5.58. The zero-order chi connectivity index (χ0) is 16.3. The van der Waals surface area contributed by atoms with E-state index in [0.717, 1.165) is 25.1 Å². The summed E-state index contributed by atoms with van der Waals surface area (Å²) < 4.78 is 51.3. The van der Waals surface area contributed by atoms with E-state index in [1.807, 2.05) is 4.90 Å². The molecule has 0 aliphatic carbocycles. The Labute approximate surface area is 126 Å². The number of carbonyl (C=O) groups is 1. The van der Waals surface area contributed by atoms with Gasteiger partial charge in [0.15, 0.2) is 0 Å². The van der Waals surface area contributed by atoms with E-state index in [9.17, 15) is 22.4 Å². The van der Waals surface area contributed by atoms with E-state index in [0.29, 0.717) is 25.1 Å². The highest BCUT2D eigenvalue weighted by molar-refractivity contribution is 5.75. The average molecular weight is 318 g/mol. The van der Waals surface area contributed by atoms with Crippen LogP contribution in [0.15, 0.2) is 18.2 Å². The summed E-state index contributed by atoms with van der Waals surface area (Å²) >= 11 is 0. The fourth-order valence-electron chi connectivity index (χ4n) is 2.73. The minimum absolute atomic E-state index is 0.0343. The van der Waals surface area contributed by atoms with Gasteiger partial charge in [0.1, 0.15) is 5.82 Å². The Morgan fingerprint density at radius 3 is 2.77 bits per heavy atom. The molecule has 0 radical (unpaired) electrons. The molecule has 3 nitrogen and oxygen atoms in total. The Balaban J connectivity index is 1.99. The number of hydrogen-bond donors (Lipinski definition) is 1. The number of hydrogen-bond acceptors (Lipinski definition) is 2. The minimum atomic E-state index is -4.69. The standard InChI is InChI=1S/C15H18F4N2O/c1-20-14(22)7-11-4-5-21(9-11)8-10-2-3-13(16)12(6-10)15(17,18)19/h2-3,6,11H,4-5,7-9H2,1H3,(H,20,22)/t11-/m1/s1. The van der Waals surface area contributed by atoms with Gasteiger partial charge in [-0.15, -0.1) is 0 Å². The van der Waals surface area contributed by atoms with Crippen LogP contribution in [-0.4, -0.2) is 30.9 Å². The van der Waals surface area contributed by atoms with Crippen LogP contribution in [0.1, 0.15) is 24.0 Å². The lowest BCUT2D eigenvalue weighted by Gasteiger charge is -2.17. The second-order valence-corrected chi connectivity index (χ2v) is 5.58. The topological polar surface area (TPSA) is 32.3 Å². The maximum Gasteiger partial charge on any atom is 0.419 e. The van der Waals surface area contributed by atoms with Gasteiger partial charge in [-0.2, -0.15) is 13.2 Å². The molecule has 1 amide bonds. The molecule has 1 N–H and O–H groups in total. The average Bonchev–Trinajstić information content (AvgIpc) is 2.86. The summed E-state index contributed by atoms with van der Waals surface area (Å²) in [7, 11) is 1.58. The number of likely N-dealkylation sites (tertiary alicyclic amines) is 1. The molecule has 7 heteroatoms. The van der Waals surface area contributed by atoms with Crippen LogP contribution in [0.2, 0.25) is 0 Å². The smallest absolute Gasteiger partial charge is 0.359 e. The van der Waals surface area contributed by atoms with Crippen LogP contribution in [0.5, 0.6) is 0 Å². The van der Waals surface area contributed by atoms with Crippen molar-refractivity contribution in [3.05, 3.63) is 35.1 Å². The van der Waals surface area contributed by atoms with Crippen LogP contribution in [0.4, 0.5) is 17.6 Å². The molecular formula is C15H18F4N2O. The minimum Gasteiger partial charge on any atom is -0.359 e. The number of carbonyl (C=O) groups excluding carboxylic acids is 1. The first-order valence-corrected chi connectivity index (χ1v) is 7.08. The van der Waals surface area contributed by atoms with Crippen molar-refractivity contribution in [2.45, 2.75) is 25.6 Å². The van der Waals surface area contributed by atoms with E-state index in [-0.39, 0.29) is 11.8 Å². The molecule has 0 unspecified atom stereocenters. The summed E-state index contributed by atoms with van der Waals surface area (Å²) in [5.41, 5.74) is -0.805. The predicted molar refractivity (Wildman–Crippen MR) is 73.5 cm³/mol. The van der Waals surface area contributed by atoms with E-state index in [2.05, 4.69) is 5.32 Å². The number of nitrogens with zero attached hydrogens (tertiary/aromatic N) is 1. The number of amides is 1. The zero-order valence-corrected chi connectivity index (χ0v) is 12.2. The van der Waals surface area contributed by atoms with E-state index in [1.54, 1.807) is 7.05 Å². The van der Waals surface area contributed by atoms with Crippen LogP contribution in [-0.2, 0) is 17.5 Å². The number of nitrogens with one attached hydrogen (secondary N) is 1. The Kier molecular flexibility index (Phi) is 5.05. The first-order valence-electron chi connectivity index (χ1n) is 7.08. The first kappa shape index (κ1) is 16.7. The Morgan fingerprint density at radius 2 is 2.14 bits per heavy atom. The summed E-state index contributed by atoms with van der Waals surface area (Å²) in [6.07, 6.45) is -3.43. The van der Waals surface area contributed by atoms with E-state index in [4.69, 9.17) is 0 Å². The van der Waals surface area contributed by atoms with Crippen molar-refractivity contribution in [2.24, 2.45) is 5.92 Å². The molecule has 1 aromatic carbocycles. The summed E-state index contributed by atoms with van der Waals surface area (Å²) in [4.78, 5) is 13.3. The molecule has 1 heterocycles. The highest BCUT2D eigenvalue weighted by Gasteiger charge is 2.34. The highest BCUT2D eigenvalue weighted by atomic mass is 19.4. The second kappa shape index (κ2) is 6.64. The van der Waals surface area contributed by atoms with Gasteiger partial charge in [0, 0.05) is 26.6 Å². The van der Waals surface area contributed by atoms with Gasteiger partial charge in [-0.3, -0.25) is 9.69 Å². The largest absolute Gasteiger partial charge is 0.419 e. The van der Waals surface area contributed by atoms with Gasteiger partial charge in [-0.05, 0) is 36.6 Å². The molecule has 22 heavy (non-hydrogen) atoms. The van der Waals surface area contributed by atoms with Crippen molar-refractivity contribution in [2.75, 3.05) is 20.1 Å². The quantitative estimate of drug-likeness (QED) is 0.866. The van der Waals surface area contributed by atoms with Crippen molar-refractivity contribution in [1.82, 2.24) is 10.2 Å². The van der Waals surface area contributed by atoms with Gasteiger partial charge in [-0.1, -0.05) is 6.07 Å². The van der Waals surface area contributed by atoms with Crippen LogP contribution >= 0.6 is 0 Å². The normalized spacial score (nSPS) is 19.4. The van der Waals surface area contributed by atoms with E-state index < -0.39 is 17.6 Å². The van der Waals surface area contributed by atoms with Gasteiger partial charge in [0.05, 0.1) is 5.56 Å². The maximum absolute atomic E-state index is 13.2. The summed E-state index contributed by atoms with van der Waals surface area (Å²) in [6, 6.07) is 3.09. The monoisotopic (exact) mass is 318 g/mol. The van der Waals surface area contributed by atoms with Crippen molar-refractivity contribution in [1.29, 1.82) is 0 Å². The molecular weight excluding hydrogens is 300 g/mol. The van der Waals surface area contributed by atoms with Crippen LogP contribution in [0, 0.1) is 11.7 Å². The molecule has 1 atom stereocenters. The summed E-state index contributed by atoms with van der Waals surface area (Å²) in [6.45, 7) is 1.71. The molecule has 1 aliphatic rings. The third-order valence-corrected chi connectivity index (χ3v) is 3.87. The highest BCUT2D eigenvalue weighted by Crippen LogP contribution is 2.32. The third kappa shape index (κ3) is 4.19. The molecule has 1 saturated heterocycles. The van der Waals surface area contributed by atoms with E-state index in [1.165, 1.54) is 6.07 Å². The number of benzene rings is 1. The third-order valence-electron chi connectivity index (χ3n) is 3.87. The zero-order valence-electron chi connectivity index (χ0n) is 12.2. The summed E-state index contributed by atoms with van der Waals surface area (Å²) in [5.74, 6) is -1.08. The Hall–Kier alpha value is -1.63. The molecule has 2 rings (SSSR count). The molecule has 0 spiro atoms. The number of rotatable bonds is 4. The van der Waals surface area contributed by atoms with Gasteiger partial charge in [0.2, 0.25) is 5.91 Å². The van der Waals surface area contributed by atoms with Crippen LogP contribution < -0.4 is 5.32 Å². The first-order chi connectivity index (χ1) is 10.3. The fourth-order valence-corrected chi connectivity index (χ4v) is 2.73. The van der Waals surface area contributed by atoms with Crippen molar-refractivity contribution in [3.8, 4) is 0 Å². The lowest BCUT2D eigenvalue weighted by atomic mass is 10.0. The summed E-state index contributed by atoms with van der Waals surface area (Å²) in [5, 5.41) is 2.56. The Morgan fingerprint density at radius 1 is 1.41 bits per heavy atom. The lowest BCUT2D eigenvalue weighted by Crippen LogP contribution is -2.24.